The zero-order valence-corrected chi connectivity index (χ0v) is 10.8. The van der Waals surface area contributed by atoms with Crippen LogP contribution < -0.4 is 18.9 Å². The Labute approximate surface area is 115 Å². The molecule has 0 spiro atoms. The Kier molecular flexibility index (Phi) is 4.62. The molecule has 0 aliphatic rings. The molecule has 2 heteroatoms. The summed E-state index contributed by atoms with van der Waals surface area (Å²) in [6.45, 7) is 4.25. The van der Waals surface area contributed by atoms with Gasteiger partial charge >= 0.3 is 18.9 Å². The Balaban J connectivity index is 0.00000128. The van der Waals surface area contributed by atoms with Crippen LogP contribution in [0.15, 0.2) is 47.4 Å². The summed E-state index contributed by atoms with van der Waals surface area (Å²) in [6, 6.07) is 14.6. The van der Waals surface area contributed by atoms with Gasteiger partial charge in [-0.3, -0.25) is 0 Å². The normalized spacial score (nSPS) is 9.62. The predicted molar refractivity (Wildman–Crippen MR) is 67.0 cm³/mol. The fourth-order valence-electron chi connectivity index (χ4n) is 1.68. The van der Waals surface area contributed by atoms with Gasteiger partial charge in [-0.05, 0) is 30.5 Å². The average molecular weight is 220 g/mol. The van der Waals surface area contributed by atoms with Crippen LogP contribution in [0, 0.1) is 13.8 Å². The molecule has 76 valence electrons. The molecular weight excluding hydrogens is 207 g/mol. The Bertz CT molecular complexity index is 475. The van der Waals surface area contributed by atoms with E-state index in [0.29, 0.717) is 0 Å². The van der Waals surface area contributed by atoms with E-state index in [1.165, 1.54) is 22.3 Å². The van der Waals surface area contributed by atoms with Gasteiger partial charge < -0.3 is 12.6 Å². The van der Waals surface area contributed by atoms with Crippen LogP contribution >= 0.6 is 0 Å². The third-order valence-corrected chi connectivity index (χ3v) is 2.83. The molecule has 0 N–H and O–H groups in total. The Morgan fingerprint density at radius 3 is 2.12 bits per heavy atom. The van der Waals surface area contributed by atoms with Gasteiger partial charge in [-0.25, -0.2) is 0 Å². The largest absolute Gasteiger partial charge is 1.00 e. The van der Waals surface area contributed by atoms with Gasteiger partial charge in [0.1, 0.15) is 0 Å². The molecule has 0 unspecified atom stereocenters. The summed E-state index contributed by atoms with van der Waals surface area (Å²) in [5, 5.41) is 0. The van der Waals surface area contributed by atoms with Crippen molar-refractivity contribution in [1.29, 1.82) is 0 Å². The molecule has 0 fully saturated rings. The molecule has 0 saturated carbocycles. The van der Waals surface area contributed by atoms with E-state index in [9.17, 15) is 0 Å². The summed E-state index contributed by atoms with van der Waals surface area (Å²) in [5.41, 5.74) is 5.13. The van der Waals surface area contributed by atoms with Crippen LogP contribution in [0.1, 0.15) is 11.1 Å². The second kappa shape index (κ2) is 5.55. The van der Waals surface area contributed by atoms with E-state index in [4.69, 9.17) is 12.6 Å². The molecule has 0 aliphatic carbocycles. The molecule has 2 rings (SSSR count). The number of hydrogen-bond acceptors (Lipinski definition) is 1. The van der Waals surface area contributed by atoms with Crippen molar-refractivity contribution in [2.75, 3.05) is 0 Å². The van der Waals surface area contributed by atoms with Gasteiger partial charge in [0.15, 0.2) is 0 Å². The van der Waals surface area contributed by atoms with E-state index >= 15 is 0 Å². The van der Waals surface area contributed by atoms with Crippen molar-refractivity contribution in [3.8, 4) is 11.1 Å². The second-order valence-electron chi connectivity index (χ2n) is 3.84. The topological polar surface area (TPSA) is 0 Å². The zero-order valence-electron chi connectivity index (χ0n) is 9.95. The van der Waals surface area contributed by atoms with E-state index in [1.54, 1.807) is 0 Å². The number of aryl methyl sites for hydroxylation is 2. The van der Waals surface area contributed by atoms with Gasteiger partial charge in [0, 0.05) is 0 Å². The summed E-state index contributed by atoms with van der Waals surface area (Å²) in [6.07, 6.45) is 0. The molecule has 0 atom stereocenters. The van der Waals surface area contributed by atoms with Gasteiger partial charge in [0.2, 0.25) is 0 Å². The predicted octanol–water partition coefficient (Wildman–Crippen LogP) is 0.880. The molecule has 0 bridgehead atoms. The fourth-order valence-corrected chi connectivity index (χ4v) is 1.82. The molecule has 0 aliphatic heterocycles. The molecule has 16 heavy (non-hydrogen) atoms. The van der Waals surface area contributed by atoms with Gasteiger partial charge in [0.25, 0.3) is 0 Å². The summed E-state index contributed by atoms with van der Waals surface area (Å²) in [7, 11) is 0. The summed E-state index contributed by atoms with van der Waals surface area (Å²) in [4.78, 5) is 0.893. The first-order valence-corrected chi connectivity index (χ1v) is 5.42. The minimum Gasteiger partial charge on any atom is -0.780 e. The Hall–Kier alpha value is -0.743. The minimum absolute atomic E-state index is 0. The first-order chi connectivity index (χ1) is 7.16. The number of benzene rings is 2. The second-order valence-corrected chi connectivity index (χ2v) is 4.31. The van der Waals surface area contributed by atoms with Crippen molar-refractivity contribution in [2.24, 2.45) is 0 Å². The monoisotopic (exact) mass is 220 g/mol. The molecule has 0 amide bonds. The Morgan fingerprint density at radius 1 is 0.875 bits per heavy atom. The quantitative estimate of drug-likeness (QED) is 0.508. The van der Waals surface area contributed by atoms with Crippen molar-refractivity contribution in [3.05, 3.63) is 53.6 Å². The smallest absolute Gasteiger partial charge is 0.780 e. The standard InChI is InChI=1S/C14H14S.Li/c1-10-3-4-11(2)14(9-10)12-5-7-13(15)8-6-12;/h3-9,15H,1-2H3;/q;+1/p-1. The van der Waals surface area contributed by atoms with Crippen LogP contribution in [0.25, 0.3) is 11.1 Å². The first-order valence-electron chi connectivity index (χ1n) is 5.01. The van der Waals surface area contributed by atoms with Crippen LogP contribution in [0.2, 0.25) is 0 Å². The third-order valence-electron chi connectivity index (χ3n) is 2.56. The van der Waals surface area contributed by atoms with Crippen LogP contribution in [-0.4, -0.2) is 0 Å². The fraction of sp³-hybridized carbons (Fsp3) is 0.143. The first kappa shape index (κ1) is 13.3. The van der Waals surface area contributed by atoms with E-state index in [1.807, 2.05) is 12.1 Å². The molecule has 0 aromatic heterocycles. The van der Waals surface area contributed by atoms with E-state index in [0.717, 1.165) is 4.90 Å². The van der Waals surface area contributed by atoms with Crippen LogP contribution in [-0.2, 0) is 12.6 Å². The minimum atomic E-state index is 0. The Morgan fingerprint density at radius 2 is 1.50 bits per heavy atom. The van der Waals surface area contributed by atoms with Crippen LogP contribution in [0.5, 0.6) is 0 Å². The third kappa shape index (κ3) is 2.89. The van der Waals surface area contributed by atoms with Gasteiger partial charge in [0.05, 0.1) is 0 Å². The SMILES string of the molecule is Cc1ccc(C)c(-c2ccc([S-])cc2)c1.[Li+]. The van der Waals surface area contributed by atoms with E-state index in [2.05, 4.69) is 44.2 Å². The van der Waals surface area contributed by atoms with Crippen molar-refractivity contribution in [3.63, 3.8) is 0 Å². The van der Waals surface area contributed by atoms with Crippen molar-refractivity contribution in [2.45, 2.75) is 18.7 Å². The molecule has 2 aromatic rings. The van der Waals surface area contributed by atoms with Crippen molar-refractivity contribution >= 4 is 12.6 Å². The summed E-state index contributed by atoms with van der Waals surface area (Å²) >= 11 is 5.08. The van der Waals surface area contributed by atoms with Gasteiger partial charge in [-0.15, -0.1) is 0 Å². The molecule has 0 heterocycles. The maximum Gasteiger partial charge on any atom is 1.00 e. The molecule has 2 aromatic carbocycles. The molecule has 0 radical (unpaired) electrons. The van der Waals surface area contributed by atoms with E-state index < -0.39 is 0 Å². The van der Waals surface area contributed by atoms with Gasteiger partial charge in [-0.2, -0.15) is 4.90 Å². The molecule has 0 nitrogen and oxygen atoms in total. The molecule has 0 saturated heterocycles. The molecular formula is C14H13LiS. The van der Waals surface area contributed by atoms with E-state index in [-0.39, 0.29) is 18.9 Å². The maximum absolute atomic E-state index is 5.08. The summed E-state index contributed by atoms with van der Waals surface area (Å²) in [5.74, 6) is 0. The van der Waals surface area contributed by atoms with Crippen molar-refractivity contribution < 1.29 is 18.9 Å². The van der Waals surface area contributed by atoms with Gasteiger partial charge in [-0.1, -0.05) is 48.0 Å². The number of rotatable bonds is 1. The number of hydrogen-bond donors (Lipinski definition) is 0. The van der Waals surface area contributed by atoms with Crippen molar-refractivity contribution in [1.82, 2.24) is 0 Å². The zero-order chi connectivity index (χ0) is 10.8. The van der Waals surface area contributed by atoms with Crippen LogP contribution in [0.4, 0.5) is 0 Å². The maximum atomic E-state index is 5.08. The van der Waals surface area contributed by atoms with Crippen LogP contribution in [0.3, 0.4) is 0 Å². The summed E-state index contributed by atoms with van der Waals surface area (Å²) < 4.78 is 0. The average Bonchev–Trinajstić information content (AvgIpc) is 2.23.